The summed E-state index contributed by atoms with van der Waals surface area (Å²) in [6.07, 6.45) is 3.36. The highest BCUT2D eigenvalue weighted by molar-refractivity contribution is 8.15. The van der Waals surface area contributed by atoms with Gasteiger partial charge < -0.3 is 0 Å². The van der Waals surface area contributed by atoms with E-state index in [9.17, 15) is 0 Å². The largest absolute Gasteiger partial charge is 0.276 e. The Kier molecular flexibility index (Phi) is 2.19. The maximum absolute atomic E-state index is 4.32. The van der Waals surface area contributed by atoms with Crippen LogP contribution >= 0.6 is 11.8 Å². The summed E-state index contributed by atoms with van der Waals surface area (Å²) >= 11 is 1.73. The lowest BCUT2D eigenvalue weighted by Crippen LogP contribution is -2.15. The van der Waals surface area contributed by atoms with Crippen molar-refractivity contribution >= 4 is 17.3 Å². The highest BCUT2D eigenvalue weighted by Crippen LogP contribution is 2.27. The molecule has 0 aromatic carbocycles. The maximum Gasteiger partial charge on any atom is 0.0748 e. The maximum atomic E-state index is 4.32. The molecule has 0 aliphatic carbocycles. The van der Waals surface area contributed by atoms with Crippen LogP contribution < -0.4 is 0 Å². The van der Waals surface area contributed by atoms with Crippen LogP contribution in [0.3, 0.4) is 0 Å². The van der Waals surface area contributed by atoms with Crippen molar-refractivity contribution in [2.45, 2.75) is 32.7 Å². The zero-order valence-corrected chi connectivity index (χ0v) is 7.53. The summed E-state index contributed by atoms with van der Waals surface area (Å²) in [5, 5.41) is 0. The number of rotatable bonds is 1. The number of aliphatic imine (C=N–C) groups is 1. The van der Waals surface area contributed by atoms with Crippen molar-refractivity contribution in [1.82, 2.24) is 0 Å². The van der Waals surface area contributed by atoms with Gasteiger partial charge in [0.2, 0.25) is 0 Å². The molecule has 1 aliphatic heterocycles. The molecule has 0 N–H and O–H groups in total. The van der Waals surface area contributed by atoms with Gasteiger partial charge in [-0.3, -0.25) is 4.99 Å². The molecule has 0 atom stereocenters. The smallest absolute Gasteiger partial charge is 0.0748 e. The topological polar surface area (TPSA) is 12.4 Å². The molecule has 1 rings (SSSR count). The Bertz CT molecular complexity index is 180. The van der Waals surface area contributed by atoms with Crippen LogP contribution in [0.5, 0.6) is 0 Å². The molecular formula is C8H13NS. The van der Waals surface area contributed by atoms with Crippen molar-refractivity contribution in [3.05, 3.63) is 11.0 Å². The van der Waals surface area contributed by atoms with Crippen LogP contribution in [0.25, 0.3) is 0 Å². The summed E-state index contributed by atoms with van der Waals surface area (Å²) in [5.74, 6) is 0. The van der Waals surface area contributed by atoms with Gasteiger partial charge in [0.1, 0.15) is 0 Å². The highest BCUT2D eigenvalue weighted by atomic mass is 32.2. The van der Waals surface area contributed by atoms with Crippen molar-refractivity contribution in [3.8, 4) is 0 Å². The van der Waals surface area contributed by atoms with Gasteiger partial charge in [-0.25, -0.2) is 0 Å². The quantitative estimate of drug-likeness (QED) is 0.567. The molecule has 1 aliphatic rings. The molecule has 0 radical (unpaired) electrons. The molecule has 0 unspecified atom stereocenters. The predicted molar refractivity (Wildman–Crippen MR) is 48.5 cm³/mol. The number of nitrogens with zero attached hydrogens (tertiary/aromatic N) is 1. The first-order valence-corrected chi connectivity index (χ1v) is 4.44. The summed E-state index contributed by atoms with van der Waals surface area (Å²) in [4.78, 5) is 5.75. The third-order valence-corrected chi connectivity index (χ3v) is 2.37. The highest BCUT2D eigenvalue weighted by Gasteiger charge is 2.15. The Hall–Kier alpha value is -0.240. The fourth-order valence-corrected chi connectivity index (χ4v) is 1.86. The molecule has 56 valence electrons. The average molecular weight is 155 g/mol. The van der Waals surface area contributed by atoms with E-state index in [0.29, 0.717) is 0 Å². The minimum atomic E-state index is 0.0383. The summed E-state index contributed by atoms with van der Waals surface area (Å²) in [6.45, 7) is 6.42. The fraction of sp³-hybridized carbons (Fsp3) is 0.625. The summed E-state index contributed by atoms with van der Waals surface area (Å²) < 4.78 is 0. The Morgan fingerprint density at radius 2 is 2.30 bits per heavy atom. The molecule has 0 aromatic heterocycles. The van der Waals surface area contributed by atoms with E-state index in [1.807, 2.05) is 5.55 Å². The van der Waals surface area contributed by atoms with Crippen molar-refractivity contribution < 1.29 is 0 Å². The standard InChI is InChI=1S/C8H13NS/c1-4-7-5-8(2,3)9-6-10-7/h5-6H,4H2,1-3H3. The summed E-state index contributed by atoms with van der Waals surface area (Å²) in [6, 6.07) is 0. The van der Waals surface area contributed by atoms with Gasteiger partial charge in [0.05, 0.1) is 11.1 Å². The minimum absolute atomic E-state index is 0.0383. The van der Waals surface area contributed by atoms with E-state index < -0.39 is 0 Å². The van der Waals surface area contributed by atoms with E-state index in [4.69, 9.17) is 0 Å². The van der Waals surface area contributed by atoms with E-state index in [-0.39, 0.29) is 5.54 Å². The van der Waals surface area contributed by atoms with Crippen LogP contribution in [0.2, 0.25) is 0 Å². The third-order valence-electron chi connectivity index (χ3n) is 1.45. The second kappa shape index (κ2) is 2.79. The molecule has 0 spiro atoms. The zero-order chi connectivity index (χ0) is 7.61. The molecular weight excluding hydrogens is 142 g/mol. The van der Waals surface area contributed by atoms with Crippen LogP contribution in [0.15, 0.2) is 16.0 Å². The Morgan fingerprint density at radius 3 is 2.70 bits per heavy atom. The van der Waals surface area contributed by atoms with Crippen molar-refractivity contribution in [2.24, 2.45) is 4.99 Å². The molecule has 1 nitrogen and oxygen atoms in total. The lowest BCUT2D eigenvalue weighted by Gasteiger charge is -2.19. The second-order valence-corrected chi connectivity index (χ2v) is 3.94. The van der Waals surface area contributed by atoms with Gasteiger partial charge >= 0.3 is 0 Å². The fourth-order valence-electron chi connectivity index (χ4n) is 0.881. The van der Waals surface area contributed by atoms with Gasteiger partial charge in [-0.1, -0.05) is 18.7 Å². The normalized spacial score (nSPS) is 22.5. The first-order valence-electron chi connectivity index (χ1n) is 3.56. The molecule has 0 aromatic rings. The van der Waals surface area contributed by atoms with Crippen molar-refractivity contribution in [3.63, 3.8) is 0 Å². The van der Waals surface area contributed by atoms with Gasteiger partial charge in [-0.05, 0) is 31.2 Å². The van der Waals surface area contributed by atoms with Crippen LogP contribution in [-0.4, -0.2) is 11.1 Å². The molecule has 0 amide bonds. The second-order valence-electron chi connectivity index (χ2n) is 2.97. The van der Waals surface area contributed by atoms with E-state index in [1.54, 1.807) is 11.8 Å². The summed E-state index contributed by atoms with van der Waals surface area (Å²) in [5.41, 5.74) is 1.98. The third kappa shape index (κ3) is 1.87. The molecule has 0 bridgehead atoms. The first kappa shape index (κ1) is 7.86. The minimum Gasteiger partial charge on any atom is -0.276 e. The van der Waals surface area contributed by atoms with Gasteiger partial charge in [-0.2, -0.15) is 0 Å². The van der Waals surface area contributed by atoms with Crippen molar-refractivity contribution in [1.29, 1.82) is 0 Å². The lowest BCUT2D eigenvalue weighted by atomic mass is 10.1. The van der Waals surface area contributed by atoms with E-state index in [1.165, 1.54) is 4.91 Å². The molecule has 0 saturated carbocycles. The predicted octanol–water partition coefficient (Wildman–Crippen LogP) is 2.83. The summed E-state index contributed by atoms with van der Waals surface area (Å²) in [7, 11) is 0. The number of thioether (sulfide) groups is 1. The SMILES string of the molecule is CCC1=CC(C)(C)N=CS1. The van der Waals surface area contributed by atoms with Gasteiger partial charge in [0.25, 0.3) is 0 Å². The lowest BCUT2D eigenvalue weighted by molar-refractivity contribution is 0.657. The van der Waals surface area contributed by atoms with Crippen LogP contribution in [0.4, 0.5) is 0 Å². The molecule has 10 heavy (non-hydrogen) atoms. The van der Waals surface area contributed by atoms with Crippen molar-refractivity contribution in [2.75, 3.05) is 0 Å². The molecule has 0 fully saturated rings. The Morgan fingerprint density at radius 1 is 1.60 bits per heavy atom. The number of allylic oxidation sites excluding steroid dienone is 1. The Labute approximate surface area is 66.6 Å². The average Bonchev–Trinajstić information content (AvgIpc) is 1.86. The first-order chi connectivity index (χ1) is 4.64. The van der Waals surface area contributed by atoms with Crippen LogP contribution in [0, 0.1) is 0 Å². The Balaban J connectivity index is 2.73. The number of hydrogen-bond acceptors (Lipinski definition) is 2. The van der Waals surface area contributed by atoms with Gasteiger partial charge in [0, 0.05) is 0 Å². The number of hydrogen-bond donors (Lipinski definition) is 0. The van der Waals surface area contributed by atoms with Crippen LogP contribution in [-0.2, 0) is 0 Å². The van der Waals surface area contributed by atoms with E-state index in [2.05, 4.69) is 31.8 Å². The molecule has 2 heteroatoms. The van der Waals surface area contributed by atoms with Gasteiger partial charge in [-0.15, -0.1) is 0 Å². The van der Waals surface area contributed by atoms with Gasteiger partial charge in [0.15, 0.2) is 0 Å². The molecule has 0 saturated heterocycles. The van der Waals surface area contributed by atoms with E-state index >= 15 is 0 Å². The zero-order valence-electron chi connectivity index (χ0n) is 6.72. The monoisotopic (exact) mass is 155 g/mol. The van der Waals surface area contributed by atoms with Crippen LogP contribution in [0.1, 0.15) is 27.2 Å². The van der Waals surface area contributed by atoms with E-state index in [0.717, 1.165) is 6.42 Å². The molecule has 1 heterocycles.